The van der Waals surface area contributed by atoms with Gasteiger partial charge >= 0.3 is 5.97 Å². The number of aryl methyl sites for hydroxylation is 2. The van der Waals surface area contributed by atoms with Gasteiger partial charge in [-0.3, -0.25) is 4.79 Å². The molecule has 5 heteroatoms. The molecule has 0 radical (unpaired) electrons. The molecule has 0 amide bonds. The Bertz CT molecular complexity index is 548. The monoisotopic (exact) mass is 236 g/mol. The molecule has 0 aliphatic heterocycles. The van der Waals surface area contributed by atoms with E-state index in [1.54, 1.807) is 0 Å². The highest BCUT2D eigenvalue weighted by Gasteiger charge is 2.07. The molecule has 0 aliphatic carbocycles. The van der Waals surface area contributed by atoms with Gasteiger partial charge in [0, 0.05) is 0 Å². The number of nitrogens with zero attached hydrogens (tertiary/aromatic N) is 1. The van der Waals surface area contributed by atoms with Crippen molar-refractivity contribution < 1.29 is 9.90 Å². The Morgan fingerprint density at radius 2 is 2.25 bits per heavy atom. The molecule has 0 bridgehead atoms. The van der Waals surface area contributed by atoms with Crippen LogP contribution in [-0.2, 0) is 4.79 Å². The molecule has 1 heterocycles. The van der Waals surface area contributed by atoms with Gasteiger partial charge in [-0.15, -0.1) is 0 Å². The van der Waals surface area contributed by atoms with Crippen molar-refractivity contribution in [3.05, 3.63) is 23.3 Å². The van der Waals surface area contributed by atoms with E-state index < -0.39 is 5.97 Å². The average Bonchev–Trinajstić information content (AvgIpc) is 2.57. The van der Waals surface area contributed by atoms with Crippen molar-refractivity contribution in [3.8, 4) is 0 Å². The van der Waals surface area contributed by atoms with Crippen LogP contribution < -0.4 is 5.32 Å². The maximum atomic E-state index is 10.4. The highest BCUT2D eigenvalue weighted by atomic mass is 32.1. The third-order valence-electron chi connectivity index (χ3n) is 2.21. The Kier molecular flexibility index (Phi) is 2.78. The molecule has 84 valence electrons. The van der Waals surface area contributed by atoms with Crippen LogP contribution in [0.25, 0.3) is 10.2 Å². The van der Waals surface area contributed by atoms with Crippen LogP contribution in [0.4, 0.5) is 5.13 Å². The molecule has 16 heavy (non-hydrogen) atoms. The molecule has 4 nitrogen and oxygen atoms in total. The third-order valence-corrected chi connectivity index (χ3v) is 3.38. The van der Waals surface area contributed by atoms with Crippen molar-refractivity contribution in [3.63, 3.8) is 0 Å². The normalized spacial score (nSPS) is 10.6. The van der Waals surface area contributed by atoms with Crippen LogP contribution >= 0.6 is 11.3 Å². The first-order valence-corrected chi connectivity index (χ1v) is 5.71. The maximum absolute atomic E-state index is 10.4. The summed E-state index contributed by atoms with van der Waals surface area (Å²) in [6.07, 6.45) is 0. The molecule has 0 fully saturated rings. The number of thiazole rings is 1. The Morgan fingerprint density at radius 1 is 1.50 bits per heavy atom. The zero-order valence-electron chi connectivity index (χ0n) is 9.07. The molecule has 2 N–H and O–H groups in total. The number of aromatic nitrogens is 1. The van der Waals surface area contributed by atoms with Crippen LogP contribution in [0.5, 0.6) is 0 Å². The number of benzene rings is 1. The first-order valence-electron chi connectivity index (χ1n) is 4.90. The van der Waals surface area contributed by atoms with Crippen LogP contribution in [0.2, 0.25) is 0 Å². The van der Waals surface area contributed by atoms with Gasteiger partial charge in [0.1, 0.15) is 6.54 Å². The lowest BCUT2D eigenvalue weighted by Gasteiger charge is -1.95. The number of rotatable bonds is 3. The summed E-state index contributed by atoms with van der Waals surface area (Å²) in [5.74, 6) is -0.882. The molecule has 0 aliphatic rings. The largest absolute Gasteiger partial charge is 0.480 e. The summed E-state index contributed by atoms with van der Waals surface area (Å²) in [4.78, 5) is 14.8. The second-order valence-electron chi connectivity index (χ2n) is 3.70. The summed E-state index contributed by atoms with van der Waals surface area (Å²) in [6, 6.07) is 4.10. The smallest absolute Gasteiger partial charge is 0.322 e. The number of nitrogens with one attached hydrogen (secondary N) is 1. The van der Waals surface area contributed by atoms with Crippen LogP contribution in [0.15, 0.2) is 12.1 Å². The molecule has 0 atom stereocenters. The quantitative estimate of drug-likeness (QED) is 0.859. The first kappa shape index (κ1) is 10.9. The minimum Gasteiger partial charge on any atom is -0.480 e. The van der Waals surface area contributed by atoms with Gasteiger partial charge < -0.3 is 10.4 Å². The second-order valence-corrected chi connectivity index (χ2v) is 4.70. The SMILES string of the molecule is Cc1cc(C)c2sc(NCC(=O)O)nc2c1. The lowest BCUT2D eigenvalue weighted by Crippen LogP contribution is -2.11. The van der Waals surface area contributed by atoms with Gasteiger partial charge in [0.15, 0.2) is 5.13 Å². The van der Waals surface area contributed by atoms with Gasteiger partial charge in [-0.05, 0) is 31.0 Å². The maximum Gasteiger partial charge on any atom is 0.322 e. The fourth-order valence-corrected chi connectivity index (χ4v) is 2.51. The van der Waals surface area contributed by atoms with Crippen molar-refractivity contribution in [2.75, 3.05) is 11.9 Å². The van der Waals surface area contributed by atoms with E-state index in [9.17, 15) is 4.79 Å². The summed E-state index contributed by atoms with van der Waals surface area (Å²) in [5, 5.41) is 12.0. The fraction of sp³-hybridized carbons (Fsp3) is 0.273. The molecule has 0 saturated heterocycles. The number of hydrogen-bond acceptors (Lipinski definition) is 4. The molecule has 1 aromatic heterocycles. The number of carbonyl (C=O) groups is 1. The second kappa shape index (κ2) is 4.09. The number of hydrogen-bond donors (Lipinski definition) is 2. The molecule has 0 spiro atoms. The van der Waals surface area contributed by atoms with Gasteiger partial charge in [-0.2, -0.15) is 0 Å². The van der Waals surface area contributed by atoms with Crippen LogP contribution in [-0.4, -0.2) is 22.6 Å². The van der Waals surface area contributed by atoms with Crippen molar-refractivity contribution in [1.82, 2.24) is 4.98 Å². The summed E-state index contributed by atoms with van der Waals surface area (Å²) in [5.41, 5.74) is 3.27. The zero-order valence-corrected chi connectivity index (χ0v) is 9.89. The van der Waals surface area contributed by atoms with Crippen molar-refractivity contribution in [2.45, 2.75) is 13.8 Å². The Balaban J connectivity index is 2.36. The highest BCUT2D eigenvalue weighted by Crippen LogP contribution is 2.29. The standard InChI is InChI=1S/C11H12N2O2S/c1-6-3-7(2)10-8(4-6)13-11(16-10)12-5-9(14)15/h3-4H,5H2,1-2H3,(H,12,13)(H,14,15). The van der Waals surface area contributed by atoms with Gasteiger partial charge in [0.25, 0.3) is 0 Å². The van der Waals surface area contributed by atoms with Gasteiger partial charge in [-0.1, -0.05) is 17.4 Å². The van der Waals surface area contributed by atoms with E-state index in [1.165, 1.54) is 22.5 Å². The molecule has 0 saturated carbocycles. The first-order chi connectivity index (χ1) is 7.56. The molecular weight excluding hydrogens is 224 g/mol. The van der Waals surface area contributed by atoms with Crippen molar-refractivity contribution >= 4 is 32.7 Å². The van der Waals surface area contributed by atoms with E-state index in [1.807, 2.05) is 19.9 Å². The summed E-state index contributed by atoms with van der Waals surface area (Å²) >= 11 is 1.49. The lowest BCUT2D eigenvalue weighted by atomic mass is 10.1. The zero-order chi connectivity index (χ0) is 11.7. The summed E-state index contributed by atoms with van der Waals surface area (Å²) in [7, 11) is 0. The molecule has 2 aromatic rings. The third kappa shape index (κ3) is 2.14. The van der Waals surface area contributed by atoms with Crippen LogP contribution in [0.1, 0.15) is 11.1 Å². The van der Waals surface area contributed by atoms with Gasteiger partial charge in [-0.25, -0.2) is 4.98 Å². The average molecular weight is 236 g/mol. The number of carboxylic acids is 1. The number of fused-ring (bicyclic) bond motifs is 1. The lowest BCUT2D eigenvalue weighted by molar-refractivity contribution is -0.134. The Hall–Kier alpha value is -1.62. The van der Waals surface area contributed by atoms with E-state index in [0.29, 0.717) is 5.13 Å². The predicted molar refractivity (Wildman–Crippen MR) is 65.2 cm³/mol. The highest BCUT2D eigenvalue weighted by molar-refractivity contribution is 7.22. The van der Waals surface area contributed by atoms with E-state index in [2.05, 4.69) is 16.4 Å². The van der Waals surface area contributed by atoms with E-state index >= 15 is 0 Å². The molecule has 0 unspecified atom stereocenters. The fourth-order valence-electron chi connectivity index (χ4n) is 1.60. The minimum atomic E-state index is -0.882. The Labute approximate surface area is 96.9 Å². The number of carboxylic acid groups (broad SMARTS) is 1. The summed E-state index contributed by atoms with van der Waals surface area (Å²) in [6.45, 7) is 3.96. The topological polar surface area (TPSA) is 62.2 Å². The van der Waals surface area contributed by atoms with Crippen molar-refractivity contribution in [2.24, 2.45) is 0 Å². The van der Waals surface area contributed by atoms with E-state index in [-0.39, 0.29) is 6.54 Å². The molecule has 1 aromatic carbocycles. The predicted octanol–water partition coefficient (Wildman–Crippen LogP) is 2.41. The molecule has 2 rings (SSSR count). The van der Waals surface area contributed by atoms with Crippen LogP contribution in [0.3, 0.4) is 0 Å². The Morgan fingerprint density at radius 3 is 2.94 bits per heavy atom. The van der Waals surface area contributed by atoms with E-state index in [0.717, 1.165) is 10.2 Å². The minimum absolute atomic E-state index is 0.0994. The summed E-state index contributed by atoms with van der Waals surface area (Å²) < 4.78 is 1.11. The molecular formula is C11H12N2O2S. The van der Waals surface area contributed by atoms with Gasteiger partial charge in [0.05, 0.1) is 10.2 Å². The van der Waals surface area contributed by atoms with E-state index in [4.69, 9.17) is 5.11 Å². The van der Waals surface area contributed by atoms with Gasteiger partial charge in [0.2, 0.25) is 0 Å². The number of anilines is 1. The van der Waals surface area contributed by atoms with Crippen molar-refractivity contribution in [1.29, 1.82) is 0 Å². The van der Waals surface area contributed by atoms with Crippen LogP contribution in [0, 0.1) is 13.8 Å². The number of aliphatic carboxylic acids is 1.